The Bertz CT molecular complexity index is 1420. The lowest BCUT2D eigenvalue weighted by molar-refractivity contribution is -0.137. The van der Waals surface area contributed by atoms with Gasteiger partial charge < -0.3 is 14.6 Å². The molecule has 0 radical (unpaired) electrons. The van der Waals surface area contributed by atoms with Crippen molar-refractivity contribution in [3.63, 3.8) is 0 Å². The second-order valence-electron chi connectivity index (χ2n) is 7.87. The van der Waals surface area contributed by atoms with Crippen LogP contribution in [0.3, 0.4) is 0 Å². The van der Waals surface area contributed by atoms with Gasteiger partial charge in [-0.25, -0.2) is 4.39 Å². The zero-order chi connectivity index (χ0) is 23.9. The normalized spacial score (nSPS) is 14.5. The van der Waals surface area contributed by atoms with E-state index in [9.17, 15) is 22.4 Å². The number of amides is 1. The number of aromatic nitrogens is 1. The average molecular weight is 466 g/mol. The Labute approximate surface area is 192 Å². The summed E-state index contributed by atoms with van der Waals surface area (Å²) in [7, 11) is 0. The summed E-state index contributed by atoms with van der Waals surface area (Å²) in [6.45, 7) is 0.836. The largest absolute Gasteiger partial charge is 0.492 e. The Morgan fingerprint density at radius 1 is 1.00 bits per heavy atom. The molecule has 0 aliphatic carbocycles. The molecule has 0 bridgehead atoms. The van der Waals surface area contributed by atoms with Gasteiger partial charge in [-0.1, -0.05) is 24.3 Å². The number of fused-ring (bicyclic) bond motifs is 2. The van der Waals surface area contributed by atoms with Crippen LogP contribution in [-0.2, 0) is 17.5 Å². The molecule has 0 unspecified atom stereocenters. The van der Waals surface area contributed by atoms with Crippen LogP contribution in [0.5, 0.6) is 5.75 Å². The van der Waals surface area contributed by atoms with E-state index in [-0.39, 0.29) is 11.5 Å². The third-order valence-corrected chi connectivity index (χ3v) is 5.66. The van der Waals surface area contributed by atoms with Crippen molar-refractivity contribution in [1.82, 2.24) is 4.57 Å². The number of halogens is 4. The Hall–Kier alpha value is -4.07. The van der Waals surface area contributed by atoms with Crippen LogP contribution >= 0.6 is 0 Å². The van der Waals surface area contributed by atoms with Gasteiger partial charge in [0.1, 0.15) is 18.2 Å². The second-order valence-corrected chi connectivity index (χ2v) is 7.87. The van der Waals surface area contributed by atoms with Gasteiger partial charge in [-0.15, -0.1) is 0 Å². The Morgan fingerprint density at radius 2 is 1.76 bits per heavy atom. The molecule has 8 heteroatoms. The lowest BCUT2D eigenvalue weighted by Crippen LogP contribution is -2.07. The van der Waals surface area contributed by atoms with Gasteiger partial charge in [0.05, 0.1) is 12.1 Å². The number of rotatable bonds is 5. The van der Waals surface area contributed by atoms with E-state index in [1.807, 2.05) is 35.0 Å². The Kier molecular flexibility index (Phi) is 5.36. The summed E-state index contributed by atoms with van der Waals surface area (Å²) in [6.07, 6.45) is -0.926. The molecule has 172 valence electrons. The first-order chi connectivity index (χ1) is 16.3. The molecule has 34 heavy (non-hydrogen) atoms. The van der Waals surface area contributed by atoms with Gasteiger partial charge >= 0.3 is 6.18 Å². The number of nitrogens with one attached hydrogen (secondary N) is 1. The van der Waals surface area contributed by atoms with Crippen molar-refractivity contribution in [2.75, 3.05) is 11.9 Å². The fourth-order valence-electron chi connectivity index (χ4n) is 4.04. The molecule has 4 nitrogen and oxygen atoms in total. The number of benzene rings is 3. The molecule has 1 aromatic heterocycles. The van der Waals surface area contributed by atoms with E-state index in [0.717, 1.165) is 28.6 Å². The fraction of sp³-hybridized carbons (Fsp3) is 0.115. The number of nitrogens with zero attached hydrogens (tertiary/aromatic N) is 1. The molecule has 1 aliphatic heterocycles. The van der Waals surface area contributed by atoms with E-state index in [0.29, 0.717) is 30.0 Å². The van der Waals surface area contributed by atoms with Gasteiger partial charge in [0, 0.05) is 39.5 Å². The zero-order valence-electron chi connectivity index (χ0n) is 17.7. The molecule has 1 amide bonds. The number of hydrogen-bond acceptors (Lipinski definition) is 2. The summed E-state index contributed by atoms with van der Waals surface area (Å²) in [5.41, 5.74) is 1.73. The molecule has 1 N–H and O–H groups in total. The van der Waals surface area contributed by atoms with E-state index in [4.69, 9.17) is 4.74 Å². The molecule has 3 aromatic carbocycles. The molecule has 0 spiro atoms. The molecule has 0 fully saturated rings. The summed E-state index contributed by atoms with van der Waals surface area (Å²) in [4.78, 5) is 12.6. The summed E-state index contributed by atoms with van der Waals surface area (Å²) in [6, 6.07) is 16.6. The maximum absolute atomic E-state index is 13.1. The lowest BCUT2D eigenvalue weighted by Gasteiger charge is -2.08. The van der Waals surface area contributed by atoms with Crippen molar-refractivity contribution in [3.05, 3.63) is 95.4 Å². The van der Waals surface area contributed by atoms with E-state index in [2.05, 4.69) is 5.32 Å². The first-order valence-electron chi connectivity index (χ1n) is 10.5. The number of para-hydroxylation sites is 1. The van der Waals surface area contributed by atoms with Crippen LogP contribution in [0.2, 0.25) is 0 Å². The Morgan fingerprint density at radius 3 is 2.53 bits per heavy atom. The first kappa shape index (κ1) is 21.8. The topological polar surface area (TPSA) is 43.3 Å². The quantitative estimate of drug-likeness (QED) is 0.274. The number of anilines is 1. The number of ether oxygens (including phenoxy) is 1. The predicted octanol–water partition coefficient (Wildman–Crippen LogP) is 6.37. The Balaban J connectivity index is 1.45. The van der Waals surface area contributed by atoms with Crippen molar-refractivity contribution in [2.45, 2.75) is 12.7 Å². The van der Waals surface area contributed by atoms with Crippen LogP contribution in [0.15, 0.2) is 72.9 Å². The molecule has 5 rings (SSSR count). The smallest absolute Gasteiger partial charge is 0.416 e. The lowest BCUT2D eigenvalue weighted by atomic mass is 10.0. The molecule has 0 saturated carbocycles. The van der Waals surface area contributed by atoms with Crippen molar-refractivity contribution in [1.29, 1.82) is 0 Å². The van der Waals surface area contributed by atoms with Gasteiger partial charge in [-0.05, 0) is 48.5 Å². The number of carbonyl (C=O) groups is 1. The van der Waals surface area contributed by atoms with E-state index in [1.165, 1.54) is 18.2 Å². The highest BCUT2D eigenvalue weighted by atomic mass is 19.4. The van der Waals surface area contributed by atoms with Gasteiger partial charge in [0.25, 0.3) is 5.91 Å². The van der Waals surface area contributed by atoms with Gasteiger partial charge in [0.2, 0.25) is 0 Å². The molecule has 4 aromatic rings. The van der Waals surface area contributed by atoms with Crippen molar-refractivity contribution < 1.29 is 27.1 Å². The van der Waals surface area contributed by atoms with Crippen molar-refractivity contribution in [2.24, 2.45) is 0 Å². The fourth-order valence-corrected chi connectivity index (χ4v) is 4.04. The SMILES string of the molecule is O=C1Nc2cc(C(F)(F)F)ccc2/C1=C\c1cn(CCOc2ccc(F)cc2)c2ccccc12. The van der Waals surface area contributed by atoms with Crippen LogP contribution in [0, 0.1) is 5.82 Å². The van der Waals surface area contributed by atoms with Crippen molar-refractivity contribution >= 4 is 34.1 Å². The highest BCUT2D eigenvalue weighted by Crippen LogP contribution is 2.39. The average Bonchev–Trinajstić information content (AvgIpc) is 3.31. The van der Waals surface area contributed by atoms with Crippen LogP contribution in [-0.4, -0.2) is 17.1 Å². The first-order valence-corrected chi connectivity index (χ1v) is 10.5. The number of carbonyl (C=O) groups excluding carboxylic acids is 1. The van der Waals surface area contributed by atoms with Crippen LogP contribution < -0.4 is 10.1 Å². The van der Waals surface area contributed by atoms with Crippen molar-refractivity contribution in [3.8, 4) is 5.75 Å². The molecular formula is C26H18F4N2O2. The van der Waals surface area contributed by atoms with Crippen LogP contribution in [0.25, 0.3) is 22.6 Å². The number of alkyl halides is 3. The van der Waals surface area contributed by atoms with Gasteiger partial charge in [-0.3, -0.25) is 4.79 Å². The molecule has 1 aliphatic rings. The van der Waals surface area contributed by atoms with Crippen LogP contribution in [0.1, 0.15) is 16.7 Å². The second kappa shape index (κ2) is 8.37. The summed E-state index contributed by atoms with van der Waals surface area (Å²) < 4.78 is 59.9. The third kappa shape index (κ3) is 4.14. The van der Waals surface area contributed by atoms with E-state index < -0.39 is 17.6 Å². The number of hydrogen-bond donors (Lipinski definition) is 1. The van der Waals surface area contributed by atoms with E-state index in [1.54, 1.807) is 18.2 Å². The predicted molar refractivity (Wildman–Crippen MR) is 122 cm³/mol. The summed E-state index contributed by atoms with van der Waals surface area (Å²) in [5, 5.41) is 3.42. The molecular weight excluding hydrogens is 448 g/mol. The third-order valence-electron chi connectivity index (χ3n) is 5.66. The van der Waals surface area contributed by atoms with Gasteiger partial charge in [-0.2, -0.15) is 13.2 Å². The minimum atomic E-state index is -4.49. The molecule has 2 heterocycles. The zero-order valence-corrected chi connectivity index (χ0v) is 17.7. The van der Waals surface area contributed by atoms with Gasteiger partial charge in [0.15, 0.2) is 0 Å². The maximum atomic E-state index is 13.1. The molecule has 0 saturated heterocycles. The minimum absolute atomic E-state index is 0.141. The van der Waals surface area contributed by atoms with Crippen LogP contribution in [0.4, 0.5) is 23.2 Å². The summed E-state index contributed by atoms with van der Waals surface area (Å²) >= 11 is 0. The monoisotopic (exact) mass is 466 g/mol. The minimum Gasteiger partial charge on any atom is -0.492 e. The maximum Gasteiger partial charge on any atom is 0.416 e. The highest BCUT2D eigenvalue weighted by Gasteiger charge is 2.33. The standard InChI is InChI=1S/C26H18F4N2O2/c27-18-6-8-19(9-7-18)34-12-11-32-15-16(20-3-1-2-4-24(20)32)13-22-21-10-5-17(26(28,29)30)14-23(21)31-25(22)33/h1-10,13-15H,11-12H2,(H,31,33)/b22-13+. The molecule has 0 atom stereocenters. The van der Waals surface area contributed by atoms with E-state index >= 15 is 0 Å². The highest BCUT2D eigenvalue weighted by molar-refractivity contribution is 6.35. The summed E-state index contributed by atoms with van der Waals surface area (Å²) in [5.74, 6) is -0.239.